The molecule has 152 valence electrons. The van der Waals surface area contributed by atoms with Crippen LogP contribution in [0.5, 0.6) is 0 Å². The minimum atomic E-state index is -3.87. The topological polar surface area (TPSA) is 110 Å². The van der Waals surface area contributed by atoms with Gasteiger partial charge in [-0.25, -0.2) is 27.1 Å². The fraction of sp³-hybridized carbons (Fsp3) is 0.263. The van der Waals surface area contributed by atoms with Crippen LogP contribution in [0, 0.1) is 5.82 Å². The van der Waals surface area contributed by atoms with E-state index < -0.39 is 33.2 Å². The summed E-state index contributed by atoms with van der Waals surface area (Å²) in [6, 6.07) is 9.39. The van der Waals surface area contributed by atoms with E-state index in [1.807, 2.05) is 0 Å². The molecule has 0 bridgehead atoms. The number of sulfonamides is 1. The molecule has 1 heterocycles. The summed E-state index contributed by atoms with van der Waals surface area (Å²) in [5.41, 5.74) is -0.493. The van der Waals surface area contributed by atoms with Crippen molar-refractivity contribution in [3.8, 4) is 0 Å². The van der Waals surface area contributed by atoms with E-state index in [0.29, 0.717) is 10.1 Å². The van der Waals surface area contributed by atoms with Crippen LogP contribution in [0.2, 0.25) is 0 Å². The van der Waals surface area contributed by atoms with Crippen molar-refractivity contribution in [1.29, 1.82) is 0 Å². The molecule has 0 atom stereocenters. The summed E-state index contributed by atoms with van der Waals surface area (Å²) < 4.78 is 42.7. The maximum Gasteiger partial charge on any atom is 0.420 e. The second kappa shape index (κ2) is 6.53. The molecule has 0 unspecified atom stereocenters. The summed E-state index contributed by atoms with van der Waals surface area (Å²) in [4.78, 5) is 24.3. The molecule has 1 fully saturated rings. The summed E-state index contributed by atoms with van der Waals surface area (Å²) in [6.45, 7) is 1.80. The fourth-order valence-corrected chi connectivity index (χ4v) is 4.67. The van der Waals surface area contributed by atoms with Crippen LogP contribution in [0.4, 0.5) is 9.18 Å². The molecule has 2 N–H and O–H groups in total. The first-order chi connectivity index (χ1) is 13.6. The highest BCUT2D eigenvalue weighted by molar-refractivity contribution is 7.89. The van der Waals surface area contributed by atoms with E-state index >= 15 is 0 Å². The van der Waals surface area contributed by atoms with Gasteiger partial charge in [-0.1, -0.05) is 12.1 Å². The summed E-state index contributed by atoms with van der Waals surface area (Å²) in [5.74, 6) is -0.430. The van der Waals surface area contributed by atoms with Gasteiger partial charge in [0.25, 0.3) is 0 Å². The van der Waals surface area contributed by atoms with Gasteiger partial charge in [-0.15, -0.1) is 0 Å². The first-order valence-electron chi connectivity index (χ1n) is 8.87. The van der Waals surface area contributed by atoms with Crippen molar-refractivity contribution in [2.24, 2.45) is 0 Å². The van der Waals surface area contributed by atoms with Crippen molar-refractivity contribution in [2.75, 3.05) is 0 Å². The number of nitrogens with one attached hydrogen (secondary N) is 1. The van der Waals surface area contributed by atoms with Crippen LogP contribution < -0.4 is 10.4 Å². The number of fused-ring (bicyclic) bond motifs is 1. The summed E-state index contributed by atoms with van der Waals surface area (Å²) in [7, 11) is -3.87. The Bertz CT molecular complexity index is 1290. The van der Waals surface area contributed by atoms with Crippen molar-refractivity contribution < 1.29 is 22.7 Å². The first-order valence-corrected chi connectivity index (χ1v) is 10.3. The molecule has 1 aliphatic carbocycles. The Balaban J connectivity index is 1.84. The number of aromatic nitrogens is 2. The van der Waals surface area contributed by atoms with E-state index in [1.54, 1.807) is 6.92 Å². The van der Waals surface area contributed by atoms with E-state index in [9.17, 15) is 27.5 Å². The molecule has 1 aromatic heterocycles. The van der Waals surface area contributed by atoms with Crippen molar-refractivity contribution >= 4 is 27.1 Å². The smallest absolute Gasteiger partial charge is 0.420 e. The molecule has 1 aliphatic rings. The minimum absolute atomic E-state index is 0.0122. The Labute approximate surface area is 165 Å². The maximum absolute atomic E-state index is 13.1. The molecular formula is C19H18FN3O5S. The van der Waals surface area contributed by atoms with Gasteiger partial charge in [-0.2, -0.15) is 4.57 Å². The molecule has 0 radical (unpaired) electrons. The van der Waals surface area contributed by atoms with Crippen LogP contribution in [-0.4, -0.2) is 34.3 Å². The van der Waals surface area contributed by atoms with E-state index in [1.165, 1.54) is 47.0 Å². The van der Waals surface area contributed by atoms with Crippen LogP contribution in [0.1, 0.15) is 25.3 Å². The second-order valence-corrected chi connectivity index (χ2v) is 9.11. The molecular weight excluding hydrogens is 401 g/mol. The van der Waals surface area contributed by atoms with Gasteiger partial charge in [-0.3, -0.25) is 4.57 Å². The first kappa shape index (κ1) is 19.3. The zero-order chi connectivity index (χ0) is 21.0. The standard InChI is InChI=1S/C19H18FN3O5S/c1-19(8-9-19)21-29(27,28)14-6-7-15-16(10-14)23(18(25)26)17(24)22(15)11-12-2-4-13(20)5-3-12/h2-7,10,21H,8-9,11H2,1H3,(H,25,26). The Hall–Kier alpha value is -2.98. The summed E-state index contributed by atoms with van der Waals surface area (Å²) >= 11 is 0. The second-order valence-electron chi connectivity index (χ2n) is 7.43. The van der Waals surface area contributed by atoms with E-state index in [-0.39, 0.29) is 22.5 Å². The van der Waals surface area contributed by atoms with Gasteiger partial charge >= 0.3 is 11.8 Å². The van der Waals surface area contributed by atoms with E-state index in [2.05, 4.69) is 4.72 Å². The molecule has 1 saturated carbocycles. The van der Waals surface area contributed by atoms with Gasteiger partial charge in [0.1, 0.15) is 5.82 Å². The molecule has 29 heavy (non-hydrogen) atoms. The molecule has 0 amide bonds. The Morgan fingerprint density at radius 2 is 1.83 bits per heavy atom. The normalized spacial score (nSPS) is 15.5. The third-order valence-electron chi connectivity index (χ3n) is 5.04. The Morgan fingerprint density at radius 3 is 2.41 bits per heavy atom. The number of rotatable bonds is 5. The number of nitrogens with zero attached hydrogens (tertiary/aromatic N) is 2. The average Bonchev–Trinajstić information content (AvgIpc) is 3.29. The lowest BCUT2D eigenvalue weighted by atomic mass is 10.2. The Morgan fingerprint density at radius 1 is 1.17 bits per heavy atom. The average molecular weight is 419 g/mol. The summed E-state index contributed by atoms with van der Waals surface area (Å²) in [5, 5.41) is 9.50. The number of carbonyl (C=O) groups is 1. The predicted octanol–water partition coefficient (Wildman–Crippen LogP) is 2.35. The van der Waals surface area contributed by atoms with Crippen LogP contribution in [0.15, 0.2) is 52.2 Å². The van der Waals surface area contributed by atoms with Crippen LogP contribution in [-0.2, 0) is 16.6 Å². The van der Waals surface area contributed by atoms with Gasteiger partial charge in [0.2, 0.25) is 10.0 Å². The molecule has 0 spiro atoms. The van der Waals surface area contributed by atoms with E-state index in [0.717, 1.165) is 12.8 Å². The van der Waals surface area contributed by atoms with Crippen molar-refractivity contribution in [3.63, 3.8) is 0 Å². The van der Waals surface area contributed by atoms with Gasteiger partial charge in [0.15, 0.2) is 0 Å². The van der Waals surface area contributed by atoms with Crippen molar-refractivity contribution in [1.82, 2.24) is 13.9 Å². The number of hydrogen-bond donors (Lipinski definition) is 2. The highest BCUT2D eigenvalue weighted by Gasteiger charge is 2.41. The molecule has 2 aromatic carbocycles. The highest BCUT2D eigenvalue weighted by Crippen LogP contribution is 2.36. The van der Waals surface area contributed by atoms with E-state index in [4.69, 9.17) is 0 Å². The number of carboxylic acid groups (broad SMARTS) is 1. The monoisotopic (exact) mass is 419 g/mol. The molecule has 0 saturated heterocycles. The third-order valence-corrected chi connectivity index (χ3v) is 6.67. The van der Waals surface area contributed by atoms with Crippen molar-refractivity contribution in [3.05, 3.63) is 64.3 Å². The third kappa shape index (κ3) is 3.56. The quantitative estimate of drug-likeness (QED) is 0.660. The number of hydrogen-bond acceptors (Lipinski definition) is 4. The molecule has 3 aromatic rings. The fourth-order valence-electron chi connectivity index (χ4n) is 3.19. The molecule has 8 nitrogen and oxygen atoms in total. The van der Waals surface area contributed by atoms with Crippen LogP contribution in [0.3, 0.4) is 0 Å². The minimum Gasteiger partial charge on any atom is -0.464 e. The van der Waals surface area contributed by atoms with Gasteiger partial charge in [-0.05, 0) is 55.7 Å². The maximum atomic E-state index is 13.1. The Kier molecular flexibility index (Phi) is 4.35. The lowest BCUT2D eigenvalue weighted by Crippen LogP contribution is -2.34. The van der Waals surface area contributed by atoms with Gasteiger partial charge in [0.05, 0.1) is 22.5 Å². The van der Waals surface area contributed by atoms with Crippen LogP contribution >= 0.6 is 0 Å². The zero-order valence-corrected chi connectivity index (χ0v) is 16.2. The summed E-state index contributed by atoms with van der Waals surface area (Å²) in [6.07, 6.45) is -0.0698. The van der Waals surface area contributed by atoms with Gasteiger partial charge < -0.3 is 5.11 Å². The molecule has 4 rings (SSSR count). The highest BCUT2D eigenvalue weighted by atomic mass is 32.2. The zero-order valence-electron chi connectivity index (χ0n) is 15.4. The molecule has 10 heteroatoms. The van der Waals surface area contributed by atoms with Crippen molar-refractivity contribution in [2.45, 2.75) is 36.7 Å². The van der Waals surface area contributed by atoms with Gasteiger partial charge in [0, 0.05) is 5.54 Å². The van der Waals surface area contributed by atoms with Crippen LogP contribution in [0.25, 0.3) is 11.0 Å². The lowest BCUT2D eigenvalue weighted by Gasteiger charge is -2.12. The lowest BCUT2D eigenvalue weighted by molar-refractivity contribution is 0.196. The predicted molar refractivity (Wildman–Crippen MR) is 103 cm³/mol. The largest absolute Gasteiger partial charge is 0.464 e. The number of halogens is 1. The number of imidazole rings is 1. The SMILES string of the molecule is CC1(NS(=O)(=O)c2ccc3c(c2)n(C(=O)O)c(=O)n3Cc2ccc(F)cc2)CC1. The molecule has 0 aliphatic heterocycles. The number of benzene rings is 2.